The summed E-state index contributed by atoms with van der Waals surface area (Å²) in [5.41, 5.74) is -0.170. The molecule has 2 rings (SSSR count). The molecule has 0 saturated heterocycles. The Balaban J connectivity index is 2.21. The number of alkyl halides is 3. The lowest BCUT2D eigenvalue weighted by atomic mass is 10.1. The lowest BCUT2D eigenvalue weighted by molar-refractivity contribution is -0.137. The van der Waals surface area contributed by atoms with Crippen LogP contribution in [0.5, 0.6) is 0 Å². The number of nitrogens with one attached hydrogen (secondary N) is 1. The number of aromatic nitrogens is 4. The summed E-state index contributed by atoms with van der Waals surface area (Å²) in [6.07, 6.45) is -4.35. The van der Waals surface area contributed by atoms with Gasteiger partial charge in [0.25, 0.3) is 0 Å². The summed E-state index contributed by atoms with van der Waals surface area (Å²) in [7, 11) is 0. The van der Waals surface area contributed by atoms with Gasteiger partial charge in [-0.15, -0.1) is 5.10 Å². The summed E-state index contributed by atoms with van der Waals surface area (Å²) in [4.78, 5) is 0. The second-order valence-electron chi connectivity index (χ2n) is 4.67. The van der Waals surface area contributed by atoms with E-state index < -0.39 is 11.7 Å². The van der Waals surface area contributed by atoms with E-state index in [-0.39, 0.29) is 12.6 Å². The van der Waals surface area contributed by atoms with Crippen LogP contribution in [-0.4, -0.2) is 26.8 Å². The van der Waals surface area contributed by atoms with Crippen molar-refractivity contribution in [2.75, 3.05) is 6.54 Å². The molecule has 0 radical (unpaired) electrons. The molecule has 8 heteroatoms. The Morgan fingerprint density at radius 2 is 2.10 bits per heavy atom. The number of rotatable bonds is 5. The van der Waals surface area contributed by atoms with Gasteiger partial charge in [-0.1, -0.05) is 19.1 Å². The van der Waals surface area contributed by atoms with E-state index in [1.807, 2.05) is 13.8 Å². The van der Waals surface area contributed by atoms with Crippen LogP contribution >= 0.6 is 0 Å². The number of tetrazole rings is 1. The fraction of sp³-hybridized carbons (Fsp3) is 0.462. The van der Waals surface area contributed by atoms with Crippen molar-refractivity contribution in [1.82, 2.24) is 25.5 Å². The predicted molar refractivity (Wildman–Crippen MR) is 70.5 cm³/mol. The average molecular weight is 299 g/mol. The lowest BCUT2D eigenvalue weighted by Crippen LogP contribution is -2.22. The largest absolute Gasteiger partial charge is 0.416 e. The van der Waals surface area contributed by atoms with E-state index in [9.17, 15) is 13.2 Å². The molecule has 0 amide bonds. The highest BCUT2D eigenvalue weighted by atomic mass is 19.4. The van der Waals surface area contributed by atoms with Crippen LogP contribution in [0.2, 0.25) is 0 Å². The van der Waals surface area contributed by atoms with Crippen molar-refractivity contribution in [2.24, 2.45) is 0 Å². The van der Waals surface area contributed by atoms with Crippen molar-refractivity contribution in [3.63, 3.8) is 0 Å². The van der Waals surface area contributed by atoms with E-state index in [0.717, 1.165) is 18.7 Å². The van der Waals surface area contributed by atoms with Gasteiger partial charge in [-0.25, -0.2) is 4.68 Å². The first kappa shape index (κ1) is 15.4. The molecule has 0 saturated carbocycles. The zero-order valence-electron chi connectivity index (χ0n) is 11.7. The van der Waals surface area contributed by atoms with Gasteiger partial charge in [-0.3, -0.25) is 0 Å². The average Bonchev–Trinajstić information content (AvgIpc) is 2.86. The maximum Gasteiger partial charge on any atom is 0.416 e. The van der Waals surface area contributed by atoms with Gasteiger partial charge in [0, 0.05) is 0 Å². The Bertz CT molecular complexity index is 593. The molecule has 0 aliphatic carbocycles. The highest BCUT2D eigenvalue weighted by molar-refractivity contribution is 5.25. The molecule has 2 aromatic rings. The minimum Gasteiger partial charge on any atom is -0.308 e. The van der Waals surface area contributed by atoms with Gasteiger partial charge in [0.15, 0.2) is 5.82 Å². The highest BCUT2D eigenvalue weighted by Crippen LogP contribution is 2.29. The quantitative estimate of drug-likeness (QED) is 0.921. The summed E-state index contributed by atoms with van der Waals surface area (Å²) >= 11 is 0. The second kappa shape index (κ2) is 6.21. The van der Waals surface area contributed by atoms with Crippen molar-refractivity contribution in [3.8, 4) is 0 Å². The third kappa shape index (κ3) is 3.78. The SMILES string of the molecule is CCNC(C)c1nnnn1Cc1cccc(C(F)(F)F)c1. The third-order valence-corrected chi connectivity index (χ3v) is 3.04. The first-order valence-corrected chi connectivity index (χ1v) is 6.57. The van der Waals surface area contributed by atoms with Gasteiger partial charge in [0.2, 0.25) is 0 Å². The van der Waals surface area contributed by atoms with Crippen LogP contribution in [0.25, 0.3) is 0 Å². The van der Waals surface area contributed by atoms with E-state index in [0.29, 0.717) is 11.4 Å². The molecule has 1 unspecified atom stereocenters. The molecule has 0 aliphatic rings. The summed E-state index contributed by atoms with van der Waals surface area (Å²) in [6.45, 7) is 4.80. The van der Waals surface area contributed by atoms with E-state index in [4.69, 9.17) is 0 Å². The monoisotopic (exact) mass is 299 g/mol. The molecule has 1 heterocycles. The summed E-state index contributed by atoms with van der Waals surface area (Å²) < 4.78 is 39.6. The molecule has 114 valence electrons. The topological polar surface area (TPSA) is 55.6 Å². The smallest absolute Gasteiger partial charge is 0.308 e. The van der Waals surface area contributed by atoms with Gasteiger partial charge >= 0.3 is 6.18 Å². The van der Waals surface area contributed by atoms with Crippen LogP contribution in [0.15, 0.2) is 24.3 Å². The molecule has 0 spiro atoms. The maximum absolute atomic E-state index is 12.7. The van der Waals surface area contributed by atoms with Gasteiger partial charge < -0.3 is 5.32 Å². The van der Waals surface area contributed by atoms with E-state index in [2.05, 4.69) is 20.8 Å². The van der Waals surface area contributed by atoms with Crippen molar-refractivity contribution in [2.45, 2.75) is 32.6 Å². The van der Waals surface area contributed by atoms with Crippen molar-refractivity contribution < 1.29 is 13.2 Å². The summed E-state index contributed by atoms with van der Waals surface area (Å²) in [5, 5.41) is 14.5. The Hall–Kier alpha value is -1.96. The van der Waals surface area contributed by atoms with Gasteiger partial charge in [0.05, 0.1) is 18.2 Å². The molecule has 0 bridgehead atoms. The fourth-order valence-electron chi connectivity index (χ4n) is 2.05. The Kier molecular flexibility index (Phi) is 4.56. The van der Waals surface area contributed by atoms with Crippen molar-refractivity contribution in [1.29, 1.82) is 0 Å². The van der Waals surface area contributed by atoms with Gasteiger partial charge in [-0.2, -0.15) is 13.2 Å². The maximum atomic E-state index is 12.7. The molecular weight excluding hydrogens is 283 g/mol. The van der Waals surface area contributed by atoms with Crippen molar-refractivity contribution >= 4 is 0 Å². The molecule has 1 N–H and O–H groups in total. The molecule has 1 aromatic heterocycles. The van der Waals surface area contributed by atoms with Crippen LogP contribution < -0.4 is 5.32 Å². The summed E-state index contributed by atoms with van der Waals surface area (Å²) in [6, 6.07) is 5.10. The van der Waals surface area contributed by atoms with E-state index >= 15 is 0 Å². The van der Waals surface area contributed by atoms with Crippen LogP contribution in [0.4, 0.5) is 13.2 Å². The van der Waals surface area contributed by atoms with Gasteiger partial charge in [-0.05, 0) is 41.6 Å². The summed E-state index contributed by atoms with van der Waals surface area (Å²) in [5.74, 6) is 0.592. The normalized spacial score (nSPS) is 13.4. The molecule has 21 heavy (non-hydrogen) atoms. The van der Waals surface area contributed by atoms with Crippen LogP contribution in [0, 0.1) is 0 Å². The molecule has 0 aliphatic heterocycles. The van der Waals surface area contributed by atoms with Crippen LogP contribution in [-0.2, 0) is 12.7 Å². The molecular formula is C13H16F3N5. The first-order valence-electron chi connectivity index (χ1n) is 6.57. The zero-order chi connectivity index (χ0) is 15.5. The minimum atomic E-state index is -4.35. The number of hydrogen-bond donors (Lipinski definition) is 1. The third-order valence-electron chi connectivity index (χ3n) is 3.04. The number of nitrogens with zero attached hydrogens (tertiary/aromatic N) is 4. The molecule has 5 nitrogen and oxygen atoms in total. The standard InChI is InChI=1S/C13H16F3N5/c1-3-17-9(2)12-18-19-20-21(12)8-10-5-4-6-11(7-10)13(14,15)16/h4-7,9,17H,3,8H2,1-2H3. The second-order valence-corrected chi connectivity index (χ2v) is 4.67. The fourth-order valence-corrected chi connectivity index (χ4v) is 2.05. The van der Waals surface area contributed by atoms with E-state index in [1.54, 1.807) is 6.07 Å². The number of benzene rings is 1. The number of halogens is 3. The zero-order valence-corrected chi connectivity index (χ0v) is 11.7. The first-order chi connectivity index (χ1) is 9.91. The Morgan fingerprint density at radius 3 is 2.76 bits per heavy atom. The minimum absolute atomic E-state index is 0.0733. The highest BCUT2D eigenvalue weighted by Gasteiger charge is 2.30. The number of hydrogen-bond acceptors (Lipinski definition) is 4. The molecule has 1 aromatic carbocycles. The van der Waals surface area contributed by atoms with E-state index in [1.165, 1.54) is 10.7 Å². The van der Waals surface area contributed by atoms with Crippen molar-refractivity contribution in [3.05, 3.63) is 41.2 Å². The Morgan fingerprint density at radius 1 is 1.33 bits per heavy atom. The molecule has 0 fully saturated rings. The molecule has 1 atom stereocenters. The van der Waals surface area contributed by atoms with Gasteiger partial charge in [0.1, 0.15) is 0 Å². The van der Waals surface area contributed by atoms with Crippen LogP contribution in [0.1, 0.15) is 36.8 Å². The predicted octanol–water partition coefficient (Wildman–Crippen LogP) is 2.41. The van der Waals surface area contributed by atoms with Crippen LogP contribution in [0.3, 0.4) is 0 Å². The Labute approximate surface area is 120 Å². The lowest BCUT2D eigenvalue weighted by Gasteiger charge is -2.13.